The van der Waals surface area contributed by atoms with E-state index in [0.717, 1.165) is 37.5 Å². The first-order chi connectivity index (χ1) is 9.29. The highest BCUT2D eigenvalue weighted by atomic mass is 17.2. The maximum atomic E-state index is 11.5. The van der Waals surface area contributed by atoms with Gasteiger partial charge in [-0.1, -0.05) is 36.8 Å². The maximum Gasteiger partial charge on any atom is 0.206 e. The van der Waals surface area contributed by atoms with Gasteiger partial charge in [-0.2, -0.15) is 4.89 Å². The molecule has 1 aromatic carbocycles. The van der Waals surface area contributed by atoms with Crippen LogP contribution in [0.3, 0.4) is 0 Å². The van der Waals surface area contributed by atoms with Crippen molar-refractivity contribution in [2.45, 2.75) is 43.5 Å². The molecule has 0 N–H and O–H groups in total. The molecule has 0 bridgehead atoms. The van der Waals surface area contributed by atoms with Crippen molar-refractivity contribution in [1.82, 2.24) is 0 Å². The second-order valence-corrected chi connectivity index (χ2v) is 5.30. The van der Waals surface area contributed by atoms with Crippen LogP contribution in [0.4, 0.5) is 0 Å². The Morgan fingerprint density at radius 1 is 1.00 bits per heavy atom. The lowest BCUT2D eigenvalue weighted by atomic mass is 9.92. The highest BCUT2D eigenvalue weighted by Crippen LogP contribution is 2.40. The number of benzene rings is 1. The molecule has 1 aliphatic heterocycles. The third-order valence-electron chi connectivity index (χ3n) is 3.96. The van der Waals surface area contributed by atoms with Crippen molar-refractivity contribution in [1.29, 1.82) is 0 Å². The van der Waals surface area contributed by atoms with E-state index in [1.165, 1.54) is 6.42 Å². The molecule has 0 aromatic heterocycles. The number of aldehydes is 1. The predicted octanol–water partition coefficient (Wildman–Crippen LogP) is 2.72. The average Bonchev–Trinajstić information content (AvgIpc) is 2.50. The van der Waals surface area contributed by atoms with Gasteiger partial charge < -0.3 is 4.74 Å². The van der Waals surface area contributed by atoms with E-state index >= 15 is 0 Å². The number of carbonyl (C=O) groups excluding carboxylic acids is 1. The Balaban J connectivity index is 1.78. The lowest BCUT2D eigenvalue weighted by Crippen LogP contribution is -2.52. The summed E-state index contributed by atoms with van der Waals surface area (Å²) in [5.41, 5.74) is -0.375. The van der Waals surface area contributed by atoms with Crippen molar-refractivity contribution in [3.8, 4) is 0 Å². The molecule has 1 unspecified atom stereocenters. The Morgan fingerprint density at radius 2 is 1.74 bits per heavy atom. The number of ether oxygens (including phenoxy) is 1. The Kier molecular flexibility index (Phi) is 3.39. The van der Waals surface area contributed by atoms with Crippen LogP contribution in [0.2, 0.25) is 0 Å². The normalized spacial score (nSPS) is 30.1. The standard InChI is InChI=1S/C15H18O4/c16-11-14(13-7-3-1-4-8-13)12-17-15(19-18-14)9-5-2-6-10-15/h1,3-4,7-8,11H,2,5-6,9-10,12H2. The Bertz CT molecular complexity index is 427. The van der Waals surface area contributed by atoms with Crippen molar-refractivity contribution in [3.63, 3.8) is 0 Å². The van der Waals surface area contributed by atoms with Crippen LogP contribution in [-0.4, -0.2) is 18.7 Å². The number of hydrogen-bond acceptors (Lipinski definition) is 4. The summed E-state index contributed by atoms with van der Waals surface area (Å²) < 4.78 is 5.89. The summed E-state index contributed by atoms with van der Waals surface area (Å²) in [4.78, 5) is 22.5. The molecule has 0 radical (unpaired) electrons. The van der Waals surface area contributed by atoms with Gasteiger partial charge in [-0.15, -0.1) is 0 Å². The molecule has 1 aromatic rings. The molecule has 2 aliphatic rings. The van der Waals surface area contributed by atoms with Gasteiger partial charge in [0.25, 0.3) is 0 Å². The summed E-state index contributed by atoms with van der Waals surface area (Å²) in [5, 5.41) is 0. The van der Waals surface area contributed by atoms with E-state index in [1.54, 1.807) is 0 Å². The van der Waals surface area contributed by atoms with Gasteiger partial charge in [0, 0.05) is 12.8 Å². The van der Waals surface area contributed by atoms with Crippen LogP contribution in [0.5, 0.6) is 0 Å². The monoisotopic (exact) mass is 262 g/mol. The summed E-state index contributed by atoms with van der Waals surface area (Å²) in [6, 6.07) is 9.33. The van der Waals surface area contributed by atoms with Gasteiger partial charge in [0.05, 0.1) is 6.61 Å². The summed E-state index contributed by atoms with van der Waals surface area (Å²) in [6.45, 7) is 0.209. The Morgan fingerprint density at radius 3 is 2.32 bits per heavy atom. The second kappa shape index (κ2) is 5.04. The molecule has 1 saturated heterocycles. The summed E-state index contributed by atoms with van der Waals surface area (Å²) in [7, 11) is 0. The lowest BCUT2D eigenvalue weighted by molar-refractivity contribution is -0.510. The third-order valence-corrected chi connectivity index (χ3v) is 3.96. The molecule has 2 fully saturated rings. The van der Waals surface area contributed by atoms with Crippen LogP contribution in [0.1, 0.15) is 37.7 Å². The minimum Gasteiger partial charge on any atom is -0.343 e. The van der Waals surface area contributed by atoms with E-state index in [1.807, 2.05) is 30.3 Å². The molecule has 1 heterocycles. The zero-order chi connectivity index (χ0) is 13.2. The number of hydrogen-bond donors (Lipinski definition) is 0. The van der Waals surface area contributed by atoms with Gasteiger partial charge >= 0.3 is 0 Å². The van der Waals surface area contributed by atoms with Crippen LogP contribution in [0, 0.1) is 0 Å². The van der Waals surface area contributed by atoms with E-state index in [4.69, 9.17) is 14.5 Å². The van der Waals surface area contributed by atoms with Gasteiger partial charge in [0.1, 0.15) is 0 Å². The maximum absolute atomic E-state index is 11.5. The molecular formula is C15H18O4. The van der Waals surface area contributed by atoms with Gasteiger partial charge in [-0.3, -0.25) is 4.79 Å². The minimum atomic E-state index is -1.13. The van der Waals surface area contributed by atoms with Crippen molar-refractivity contribution in [2.24, 2.45) is 0 Å². The molecule has 19 heavy (non-hydrogen) atoms. The molecule has 4 heteroatoms. The van der Waals surface area contributed by atoms with Crippen LogP contribution in [0.15, 0.2) is 30.3 Å². The van der Waals surface area contributed by atoms with Crippen molar-refractivity contribution < 1.29 is 19.3 Å². The second-order valence-electron chi connectivity index (χ2n) is 5.30. The van der Waals surface area contributed by atoms with E-state index in [-0.39, 0.29) is 6.61 Å². The van der Waals surface area contributed by atoms with Crippen molar-refractivity contribution >= 4 is 6.29 Å². The van der Waals surface area contributed by atoms with Crippen molar-refractivity contribution in [2.75, 3.05) is 6.61 Å². The smallest absolute Gasteiger partial charge is 0.206 e. The molecule has 1 atom stereocenters. The quantitative estimate of drug-likeness (QED) is 0.607. The first kappa shape index (κ1) is 12.8. The van der Waals surface area contributed by atoms with Gasteiger partial charge in [-0.25, -0.2) is 4.89 Å². The molecule has 4 nitrogen and oxygen atoms in total. The molecule has 3 rings (SSSR count). The first-order valence-corrected chi connectivity index (χ1v) is 6.81. The Labute approximate surface area is 112 Å². The van der Waals surface area contributed by atoms with Crippen LogP contribution >= 0.6 is 0 Å². The molecule has 102 valence electrons. The van der Waals surface area contributed by atoms with Crippen LogP contribution < -0.4 is 0 Å². The van der Waals surface area contributed by atoms with Gasteiger partial charge in [0.2, 0.25) is 11.4 Å². The van der Waals surface area contributed by atoms with E-state index in [9.17, 15) is 4.79 Å². The van der Waals surface area contributed by atoms with Crippen LogP contribution in [0.25, 0.3) is 0 Å². The lowest BCUT2D eigenvalue weighted by Gasteiger charge is -2.44. The highest BCUT2D eigenvalue weighted by molar-refractivity contribution is 5.66. The van der Waals surface area contributed by atoms with E-state index in [0.29, 0.717) is 0 Å². The number of rotatable bonds is 2. The highest BCUT2D eigenvalue weighted by Gasteiger charge is 2.48. The SMILES string of the molecule is O=CC1(c2ccccc2)COC2(CCCCC2)OO1. The molecular weight excluding hydrogens is 244 g/mol. The zero-order valence-electron chi connectivity index (χ0n) is 10.8. The molecule has 1 saturated carbocycles. The summed E-state index contributed by atoms with van der Waals surface area (Å²) in [5.74, 6) is -0.639. The first-order valence-electron chi connectivity index (χ1n) is 6.81. The predicted molar refractivity (Wildman–Crippen MR) is 68.1 cm³/mol. The molecule has 0 amide bonds. The molecule has 1 spiro atoms. The fourth-order valence-electron chi connectivity index (χ4n) is 2.73. The summed E-state index contributed by atoms with van der Waals surface area (Å²) in [6.07, 6.45) is 5.77. The van der Waals surface area contributed by atoms with E-state index < -0.39 is 11.4 Å². The van der Waals surface area contributed by atoms with Gasteiger partial charge in [0.15, 0.2) is 6.29 Å². The fraction of sp³-hybridized carbons (Fsp3) is 0.533. The van der Waals surface area contributed by atoms with Crippen molar-refractivity contribution in [3.05, 3.63) is 35.9 Å². The van der Waals surface area contributed by atoms with E-state index in [2.05, 4.69) is 0 Å². The largest absolute Gasteiger partial charge is 0.343 e. The zero-order valence-corrected chi connectivity index (χ0v) is 10.8. The molecule has 1 aliphatic carbocycles. The topological polar surface area (TPSA) is 44.8 Å². The Hall–Kier alpha value is -1.23. The fourth-order valence-corrected chi connectivity index (χ4v) is 2.73. The third kappa shape index (κ3) is 2.31. The average molecular weight is 262 g/mol. The van der Waals surface area contributed by atoms with Crippen LogP contribution in [-0.2, 0) is 24.9 Å². The summed E-state index contributed by atoms with van der Waals surface area (Å²) >= 11 is 0. The number of carbonyl (C=O) groups is 1. The van der Waals surface area contributed by atoms with Gasteiger partial charge in [-0.05, 0) is 18.4 Å². The minimum absolute atomic E-state index is 0.209.